The summed E-state index contributed by atoms with van der Waals surface area (Å²) in [6, 6.07) is 13.7. The van der Waals surface area contributed by atoms with Crippen molar-refractivity contribution in [1.29, 1.82) is 0 Å². The third-order valence-electron chi connectivity index (χ3n) is 4.98. The van der Waals surface area contributed by atoms with Crippen LogP contribution in [0.3, 0.4) is 0 Å². The maximum absolute atomic E-state index is 12.2. The molecule has 0 aliphatic carbocycles. The third-order valence-corrected chi connectivity index (χ3v) is 4.98. The van der Waals surface area contributed by atoms with Gasteiger partial charge in [-0.3, -0.25) is 4.79 Å². The van der Waals surface area contributed by atoms with E-state index in [1.807, 2.05) is 55.6 Å². The van der Waals surface area contributed by atoms with Gasteiger partial charge in [-0.15, -0.1) is 0 Å². The molecule has 1 N–H and O–H groups in total. The summed E-state index contributed by atoms with van der Waals surface area (Å²) in [5, 5.41) is 2.87. The highest BCUT2D eigenvalue weighted by atomic mass is 16.1. The van der Waals surface area contributed by atoms with Gasteiger partial charge in [-0.1, -0.05) is 29.8 Å². The molecule has 7 heteroatoms. The van der Waals surface area contributed by atoms with Gasteiger partial charge in [0.25, 0.3) is 0 Å². The highest BCUT2D eigenvalue weighted by Crippen LogP contribution is 2.19. The van der Waals surface area contributed by atoms with Crippen LogP contribution in [-0.2, 0) is 11.2 Å². The number of anilines is 3. The molecule has 0 atom stereocenters. The van der Waals surface area contributed by atoms with Crippen LogP contribution in [0.2, 0.25) is 0 Å². The number of pyridine rings is 1. The van der Waals surface area contributed by atoms with Gasteiger partial charge in [0.1, 0.15) is 5.82 Å². The summed E-state index contributed by atoms with van der Waals surface area (Å²) in [5.74, 6) is 1.28. The van der Waals surface area contributed by atoms with Crippen LogP contribution >= 0.6 is 0 Å². The monoisotopic (exact) mass is 388 g/mol. The number of nitrogens with one attached hydrogen (secondary N) is 1. The van der Waals surface area contributed by atoms with Gasteiger partial charge in [-0.05, 0) is 30.7 Å². The fourth-order valence-corrected chi connectivity index (χ4v) is 3.34. The number of hydrogen-bond donors (Lipinski definition) is 1. The Bertz CT molecular complexity index is 935. The number of aromatic nitrogens is 3. The van der Waals surface area contributed by atoms with Crippen molar-refractivity contribution >= 4 is 23.4 Å². The molecule has 1 fully saturated rings. The van der Waals surface area contributed by atoms with Crippen molar-refractivity contribution < 1.29 is 4.79 Å². The first-order valence-electron chi connectivity index (χ1n) is 9.76. The predicted molar refractivity (Wildman–Crippen MR) is 114 cm³/mol. The van der Waals surface area contributed by atoms with Gasteiger partial charge in [0.05, 0.1) is 18.3 Å². The summed E-state index contributed by atoms with van der Waals surface area (Å²) < 4.78 is 0. The SMILES string of the molecule is Cc1ccc(CC(=O)Nc2ccc(N3CCN(c4ncccn4)CC3)cn2)cc1. The minimum atomic E-state index is -0.0643. The van der Waals surface area contributed by atoms with Crippen molar-refractivity contribution in [3.8, 4) is 0 Å². The Hall–Kier alpha value is -3.48. The van der Waals surface area contributed by atoms with Gasteiger partial charge in [-0.25, -0.2) is 15.0 Å². The molecule has 0 spiro atoms. The van der Waals surface area contributed by atoms with E-state index in [0.717, 1.165) is 43.4 Å². The number of hydrogen-bond acceptors (Lipinski definition) is 6. The van der Waals surface area contributed by atoms with E-state index in [1.165, 1.54) is 5.56 Å². The van der Waals surface area contributed by atoms with Crippen LogP contribution in [0.1, 0.15) is 11.1 Å². The van der Waals surface area contributed by atoms with Crippen molar-refractivity contribution in [1.82, 2.24) is 15.0 Å². The highest BCUT2D eigenvalue weighted by molar-refractivity contribution is 5.91. The molecule has 1 aliphatic rings. The zero-order chi connectivity index (χ0) is 20.1. The lowest BCUT2D eigenvalue weighted by Gasteiger charge is -2.35. The maximum atomic E-state index is 12.2. The van der Waals surface area contributed by atoms with Gasteiger partial charge >= 0.3 is 0 Å². The minimum Gasteiger partial charge on any atom is -0.367 e. The summed E-state index contributed by atoms with van der Waals surface area (Å²) in [5.41, 5.74) is 3.23. The third kappa shape index (κ3) is 4.87. The van der Waals surface area contributed by atoms with Crippen LogP contribution in [0.4, 0.5) is 17.5 Å². The molecule has 1 aliphatic heterocycles. The van der Waals surface area contributed by atoms with Crippen molar-refractivity contribution in [3.05, 3.63) is 72.2 Å². The summed E-state index contributed by atoms with van der Waals surface area (Å²) in [7, 11) is 0. The molecule has 7 nitrogen and oxygen atoms in total. The van der Waals surface area contributed by atoms with Crippen molar-refractivity contribution in [2.24, 2.45) is 0 Å². The van der Waals surface area contributed by atoms with E-state index in [1.54, 1.807) is 12.4 Å². The number of rotatable bonds is 5. The molecule has 0 bridgehead atoms. The van der Waals surface area contributed by atoms with Crippen molar-refractivity contribution in [3.63, 3.8) is 0 Å². The van der Waals surface area contributed by atoms with Gasteiger partial charge in [0.15, 0.2) is 0 Å². The lowest BCUT2D eigenvalue weighted by Crippen LogP contribution is -2.47. The number of carbonyl (C=O) groups excluding carboxylic acids is 1. The molecule has 1 amide bonds. The summed E-state index contributed by atoms with van der Waals surface area (Å²) in [4.78, 5) is 29.8. The Balaban J connectivity index is 1.30. The molecule has 1 saturated heterocycles. The van der Waals surface area contributed by atoms with E-state index in [9.17, 15) is 4.79 Å². The lowest BCUT2D eigenvalue weighted by molar-refractivity contribution is -0.115. The number of amides is 1. The molecule has 3 aromatic rings. The van der Waals surface area contributed by atoms with E-state index < -0.39 is 0 Å². The first kappa shape index (κ1) is 18.9. The minimum absolute atomic E-state index is 0.0643. The molecular formula is C22H24N6O. The van der Waals surface area contributed by atoms with E-state index >= 15 is 0 Å². The van der Waals surface area contributed by atoms with Gasteiger partial charge in [0, 0.05) is 38.6 Å². The van der Waals surface area contributed by atoms with E-state index in [0.29, 0.717) is 12.2 Å². The van der Waals surface area contributed by atoms with Gasteiger partial charge in [0.2, 0.25) is 11.9 Å². The largest absolute Gasteiger partial charge is 0.367 e. The Morgan fingerprint density at radius 3 is 2.28 bits per heavy atom. The Labute approximate surface area is 170 Å². The molecule has 2 aromatic heterocycles. The second-order valence-corrected chi connectivity index (χ2v) is 7.14. The normalized spacial score (nSPS) is 14.0. The van der Waals surface area contributed by atoms with Gasteiger partial charge in [-0.2, -0.15) is 0 Å². The Kier molecular flexibility index (Phi) is 5.65. The standard InChI is InChI=1S/C22H24N6O/c1-17-3-5-18(6-4-17)15-21(29)26-20-8-7-19(16-25-20)27-11-13-28(14-12-27)22-23-9-2-10-24-22/h2-10,16H,11-15H2,1H3,(H,25,26,29). The topological polar surface area (TPSA) is 74.2 Å². The lowest BCUT2D eigenvalue weighted by atomic mass is 10.1. The fraction of sp³-hybridized carbons (Fsp3) is 0.273. The number of benzene rings is 1. The molecule has 29 heavy (non-hydrogen) atoms. The number of piperazine rings is 1. The van der Waals surface area contributed by atoms with E-state index in [4.69, 9.17) is 0 Å². The molecule has 148 valence electrons. The first-order chi connectivity index (χ1) is 14.2. The number of carbonyl (C=O) groups is 1. The molecule has 4 rings (SSSR count). The molecule has 3 heterocycles. The molecule has 0 saturated carbocycles. The van der Waals surface area contributed by atoms with Crippen LogP contribution in [-0.4, -0.2) is 47.0 Å². The van der Waals surface area contributed by atoms with Crippen LogP contribution in [0.5, 0.6) is 0 Å². The van der Waals surface area contributed by atoms with Crippen molar-refractivity contribution in [2.45, 2.75) is 13.3 Å². The maximum Gasteiger partial charge on any atom is 0.229 e. The van der Waals surface area contributed by atoms with Crippen LogP contribution < -0.4 is 15.1 Å². The van der Waals surface area contributed by atoms with Crippen LogP contribution in [0, 0.1) is 6.92 Å². The van der Waals surface area contributed by atoms with Crippen LogP contribution in [0.25, 0.3) is 0 Å². The smallest absolute Gasteiger partial charge is 0.229 e. The molecular weight excluding hydrogens is 364 g/mol. The molecule has 0 radical (unpaired) electrons. The zero-order valence-corrected chi connectivity index (χ0v) is 16.5. The summed E-state index contributed by atoms with van der Waals surface area (Å²) in [6.45, 7) is 5.50. The summed E-state index contributed by atoms with van der Waals surface area (Å²) in [6.07, 6.45) is 5.69. The highest BCUT2D eigenvalue weighted by Gasteiger charge is 2.19. The Morgan fingerprint density at radius 1 is 0.931 bits per heavy atom. The zero-order valence-electron chi connectivity index (χ0n) is 16.5. The van der Waals surface area contributed by atoms with E-state index in [2.05, 4.69) is 30.1 Å². The van der Waals surface area contributed by atoms with Crippen LogP contribution in [0.15, 0.2) is 61.1 Å². The average Bonchev–Trinajstić information content (AvgIpc) is 2.77. The number of aryl methyl sites for hydroxylation is 1. The number of nitrogens with zero attached hydrogens (tertiary/aromatic N) is 5. The summed E-state index contributed by atoms with van der Waals surface area (Å²) >= 11 is 0. The fourth-order valence-electron chi connectivity index (χ4n) is 3.34. The van der Waals surface area contributed by atoms with E-state index in [-0.39, 0.29) is 5.91 Å². The second kappa shape index (κ2) is 8.68. The van der Waals surface area contributed by atoms with Gasteiger partial charge < -0.3 is 15.1 Å². The second-order valence-electron chi connectivity index (χ2n) is 7.14. The molecule has 0 unspecified atom stereocenters. The first-order valence-corrected chi connectivity index (χ1v) is 9.76. The quantitative estimate of drug-likeness (QED) is 0.724. The molecule has 1 aromatic carbocycles. The van der Waals surface area contributed by atoms with Crippen molar-refractivity contribution in [2.75, 3.05) is 41.3 Å². The predicted octanol–water partition coefficient (Wildman–Crippen LogP) is 2.69. The Morgan fingerprint density at radius 2 is 1.62 bits per heavy atom. The average molecular weight is 388 g/mol.